The molecular formula is C12H24N21O6P3. The third-order valence-corrected chi connectivity index (χ3v) is 12.3. The third kappa shape index (κ3) is 14.3. The minimum atomic E-state index is -3.96. The summed E-state index contributed by atoms with van der Waals surface area (Å²) in [6.07, 6.45) is 0. The normalized spacial score (nSPS) is 22.0. The molecule has 42 heavy (non-hydrogen) atoms. The van der Waals surface area contributed by atoms with E-state index in [1.165, 1.54) is 0 Å². The van der Waals surface area contributed by atoms with Gasteiger partial charge in [0, 0.05) is 68.7 Å². The minimum absolute atomic E-state index is 0.179. The van der Waals surface area contributed by atoms with Crippen LogP contribution in [0.25, 0.3) is 62.7 Å². The highest BCUT2D eigenvalue weighted by atomic mass is 31.3. The van der Waals surface area contributed by atoms with Crippen LogP contribution in [0.4, 0.5) is 0 Å². The van der Waals surface area contributed by atoms with E-state index in [0.29, 0.717) is 0 Å². The van der Waals surface area contributed by atoms with Gasteiger partial charge < -0.3 is 27.1 Å². The minimum Gasteiger partial charge on any atom is -0.306 e. The van der Waals surface area contributed by atoms with E-state index in [2.05, 4.69) is 73.7 Å². The van der Waals surface area contributed by atoms with Crippen LogP contribution in [0.2, 0.25) is 0 Å². The van der Waals surface area contributed by atoms with E-state index in [1.807, 2.05) is 0 Å². The first-order chi connectivity index (χ1) is 20.5. The summed E-state index contributed by atoms with van der Waals surface area (Å²) in [6.45, 7) is -2.73. The van der Waals surface area contributed by atoms with Gasteiger partial charge in [0.15, 0.2) is 0 Å². The van der Waals surface area contributed by atoms with Crippen LogP contribution in [-0.4, -0.2) is 78.9 Å². The van der Waals surface area contributed by atoms with Crippen LogP contribution in [0.3, 0.4) is 0 Å². The van der Waals surface area contributed by atoms with Crippen LogP contribution < -0.4 is 0 Å². The maximum Gasteiger partial charge on any atom is 0.349 e. The number of azide groups is 6. The van der Waals surface area contributed by atoms with Gasteiger partial charge in [0.25, 0.3) is 0 Å². The van der Waals surface area contributed by atoms with Crippen LogP contribution in [0.5, 0.6) is 0 Å². The average Bonchev–Trinajstić information content (AvgIpc) is 2.99. The van der Waals surface area contributed by atoms with Crippen molar-refractivity contribution in [3.63, 3.8) is 0 Å². The van der Waals surface area contributed by atoms with Crippen LogP contribution in [0.1, 0.15) is 0 Å². The first-order valence-electron chi connectivity index (χ1n) is 11.3. The molecule has 1 rings (SSSR count). The predicted octanol–water partition coefficient (Wildman–Crippen LogP) is 7.80. The summed E-state index contributed by atoms with van der Waals surface area (Å²) in [7, 11) is -11.9. The number of hydrogen-bond donors (Lipinski definition) is 0. The molecule has 0 aromatic carbocycles. The Morgan fingerprint density at radius 3 is 0.667 bits per heavy atom. The molecule has 0 spiro atoms. The van der Waals surface area contributed by atoms with Gasteiger partial charge in [-0.05, 0) is 33.2 Å². The molecule has 0 amide bonds. The van der Waals surface area contributed by atoms with E-state index in [9.17, 15) is 0 Å². The topological polar surface area (TPSA) is 385 Å². The lowest BCUT2D eigenvalue weighted by molar-refractivity contribution is 0.225. The standard InChI is InChI=1S/C12H24N21O6P3/c13-25-19-1-7-34-40(35-8-2-20-26-14)31-41(36-9-3-21-27-15,37-10-4-22-28-16)33-42(32-40,38-11-5-23-29-17)39-12-6-24-30-18/h1-12H2. The molecule has 0 aromatic heterocycles. The van der Waals surface area contributed by atoms with Crippen molar-refractivity contribution in [2.45, 2.75) is 0 Å². The Balaban J connectivity index is 3.92. The fourth-order valence-electron chi connectivity index (χ4n) is 2.38. The van der Waals surface area contributed by atoms with Crippen molar-refractivity contribution in [2.75, 3.05) is 78.9 Å². The van der Waals surface area contributed by atoms with Crippen molar-refractivity contribution in [3.8, 4) is 0 Å². The summed E-state index contributed by atoms with van der Waals surface area (Å²) in [6, 6.07) is 0. The molecular weight excluding hydrogens is 627 g/mol. The molecule has 0 bridgehead atoms. The van der Waals surface area contributed by atoms with Gasteiger partial charge in [-0.3, -0.25) is 0 Å². The first-order valence-corrected chi connectivity index (χ1v) is 15.9. The largest absolute Gasteiger partial charge is 0.349 e. The Bertz CT molecular complexity index is 1090. The van der Waals surface area contributed by atoms with Gasteiger partial charge in [-0.15, -0.1) is 13.5 Å². The van der Waals surface area contributed by atoms with Crippen molar-refractivity contribution in [2.24, 2.45) is 44.2 Å². The maximum atomic E-state index is 8.66. The lowest BCUT2D eigenvalue weighted by Gasteiger charge is -2.33. The fraction of sp³-hybridized carbons (Fsp3) is 1.00. The predicted molar refractivity (Wildman–Crippen MR) is 148 cm³/mol. The Morgan fingerprint density at radius 2 is 0.524 bits per heavy atom. The third-order valence-electron chi connectivity index (χ3n) is 3.76. The van der Waals surface area contributed by atoms with Crippen LogP contribution >= 0.6 is 23.0 Å². The van der Waals surface area contributed by atoms with Gasteiger partial charge in [0.1, 0.15) is 0 Å². The molecule has 27 nitrogen and oxygen atoms in total. The second kappa shape index (κ2) is 22.0. The lowest BCUT2D eigenvalue weighted by Crippen LogP contribution is -2.10. The molecule has 0 radical (unpaired) electrons. The smallest absolute Gasteiger partial charge is 0.306 e. The van der Waals surface area contributed by atoms with Crippen molar-refractivity contribution in [3.05, 3.63) is 62.7 Å². The van der Waals surface area contributed by atoms with Crippen molar-refractivity contribution in [1.29, 1.82) is 0 Å². The zero-order valence-electron chi connectivity index (χ0n) is 21.7. The van der Waals surface area contributed by atoms with E-state index >= 15 is 0 Å². The summed E-state index contributed by atoms with van der Waals surface area (Å²) in [4.78, 5) is 15.9. The Labute approximate surface area is 236 Å². The highest BCUT2D eigenvalue weighted by Gasteiger charge is 2.43. The van der Waals surface area contributed by atoms with Gasteiger partial charge in [-0.1, -0.05) is 30.7 Å². The molecule has 0 saturated carbocycles. The number of nitrogens with zero attached hydrogens (tertiary/aromatic N) is 21. The van der Waals surface area contributed by atoms with Crippen molar-refractivity contribution in [1.82, 2.24) is 0 Å². The van der Waals surface area contributed by atoms with Crippen molar-refractivity contribution < 1.29 is 27.1 Å². The molecule has 0 fully saturated rings. The molecule has 0 aliphatic carbocycles. The molecule has 0 aromatic rings. The molecule has 1 heterocycles. The quantitative estimate of drug-likeness (QED) is 0.0329. The summed E-state index contributed by atoms with van der Waals surface area (Å²) in [5.74, 6) is 0. The maximum absolute atomic E-state index is 8.66. The number of hydrogen-bond acceptors (Lipinski definition) is 15. The van der Waals surface area contributed by atoms with Crippen LogP contribution in [-0.2, 0) is 27.1 Å². The van der Waals surface area contributed by atoms with E-state index in [1.54, 1.807) is 0 Å². The highest BCUT2D eigenvalue weighted by molar-refractivity contribution is 7.78. The zero-order valence-corrected chi connectivity index (χ0v) is 24.4. The Morgan fingerprint density at radius 1 is 0.357 bits per heavy atom. The first kappa shape index (κ1) is 36.3. The highest BCUT2D eigenvalue weighted by Crippen LogP contribution is 2.80. The summed E-state index contributed by atoms with van der Waals surface area (Å²) < 4.78 is 48.7. The average molecular weight is 651 g/mol. The van der Waals surface area contributed by atoms with Gasteiger partial charge in [-0.25, -0.2) is 0 Å². The molecule has 0 N–H and O–H groups in total. The van der Waals surface area contributed by atoms with E-state index in [4.69, 9.17) is 60.3 Å². The molecule has 1 aliphatic heterocycles. The van der Waals surface area contributed by atoms with Gasteiger partial charge in [-0.2, -0.15) is 0 Å². The summed E-state index contributed by atoms with van der Waals surface area (Å²) in [5, 5.41) is 20.4. The second-order valence-corrected chi connectivity index (χ2v) is 13.1. The van der Waals surface area contributed by atoms with Crippen LogP contribution in [0, 0.1) is 0 Å². The molecule has 0 saturated heterocycles. The SMILES string of the molecule is [N-]=[N+]=NCCOP1(OCCN=[N+]=[N-])=NP(OCCN=[N+]=[N-])(OCCN=[N+]=[N-])=NP(OCCN=[N+]=[N-])(OCCN=[N+]=[N-])=N1. The molecule has 228 valence electrons. The van der Waals surface area contributed by atoms with E-state index in [-0.39, 0.29) is 78.9 Å². The monoisotopic (exact) mass is 651 g/mol. The van der Waals surface area contributed by atoms with Gasteiger partial charge >= 0.3 is 23.0 Å². The lowest BCUT2D eigenvalue weighted by atomic mass is 10.8. The molecule has 1 aliphatic rings. The van der Waals surface area contributed by atoms with E-state index in [0.717, 1.165) is 0 Å². The Hall–Kier alpha value is -3.69. The second-order valence-electron chi connectivity index (χ2n) is 6.47. The molecule has 0 unspecified atom stereocenters. The molecule has 30 heteroatoms. The van der Waals surface area contributed by atoms with Crippen LogP contribution in [0.15, 0.2) is 44.2 Å². The summed E-state index contributed by atoms with van der Waals surface area (Å²) in [5.41, 5.74) is 52.0. The molecule has 0 atom stereocenters. The zero-order chi connectivity index (χ0) is 30.8. The number of rotatable bonds is 24. The fourth-order valence-corrected chi connectivity index (χ4v) is 11.8. The van der Waals surface area contributed by atoms with Gasteiger partial charge in [0.05, 0.1) is 39.6 Å². The van der Waals surface area contributed by atoms with E-state index < -0.39 is 23.0 Å². The van der Waals surface area contributed by atoms with Gasteiger partial charge in [0.2, 0.25) is 0 Å². The summed E-state index contributed by atoms with van der Waals surface area (Å²) >= 11 is 0. The van der Waals surface area contributed by atoms with Crippen molar-refractivity contribution >= 4 is 23.0 Å². The Kier molecular flexibility index (Phi) is 19.0.